The van der Waals surface area contributed by atoms with E-state index < -0.39 is 6.10 Å². The maximum atomic E-state index is 11.7. The van der Waals surface area contributed by atoms with Crippen LogP contribution in [0.3, 0.4) is 0 Å². The molecule has 1 aromatic rings. The first-order chi connectivity index (χ1) is 15.8. The zero-order chi connectivity index (χ0) is 24.0. The van der Waals surface area contributed by atoms with Crippen molar-refractivity contribution in [2.24, 2.45) is 11.8 Å². The molecule has 178 valence electrons. The number of ether oxygens (including phenoxy) is 3. The highest BCUT2D eigenvalue weighted by atomic mass is 16.5. The lowest BCUT2D eigenvalue weighted by Gasteiger charge is -2.22. The number of aryl methyl sites for hydroxylation is 1. The number of hydrogen-bond donors (Lipinski definition) is 1. The summed E-state index contributed by atoms with van der Waals surface area (Å²) in [6.45, 7) is 5.18. The van der Waals surface area contributed by atoms with Gasteiger partial charge in [-0.2, -0.15) is 0 Å². The number of carbonyl (C=O) groups excluding carboxylic acids is 2. The standard InChI is InChI=1S/C27H34O6/c1-5-6-9-17(2)22(29)15-14-20-23(32-18(3)28)16-24-26(20)21-12-7-10-19(27(21)33-24)11-8-13-25(30)31-4/h7,10,12,14-15,17,20,22-24,26,29H,8-9,11,13,16H2,1-4H3/b15-14+/t17?,20-,22-,23+,24-,26-/m0/s1. The van der Waals surface area contributed by atoms with Crippen molar-refractivity contribution < 1.29 is 28.9 Å². The Morgan fingerprint density at radius 1 is 1.36 bits per heavy atom. The normalized spacial score (nSPS) is 24.8. The van der Waals surface area contributed by atoms with Gasteiger partial charge in [0, 0.05) is 43.6 Å². The third kappa shape index (κ3) is 5.97. The van der Waals surface area contributed by atoms with Gasteiger partial charge in [0.25, 0.3) is 0 Å². The van der Waals surface area contributed by atoms with Crippen LogP contribution in [0.4, 0.5) is 0 Å². The minimum atomic E-state index is -0.630. The number of rotatable bonds is 9. The Bertz CT molecular complexity index is 940. The van der Waals surface area contributed by atoms with E-state index in [0.29, 0.717) is 25.7 Å². The molecule has 6 nitrogen and oxygen atoms in total. The molecule has 0 amide bonds. The minimum Gasteiger partial charge on any atom is -0.489 e. The second-order valence-electron chi connectivity index (χ2n) is 8.89. The van der Waals surface area contributed by atoms with Gasteiger partial charge in [0.05, 0.1) is 13.2 Å². The number of aliphatic hydroxyl groups is 1. The number of fused-ring (bicyclic) bond motifs is 3. The van der Waals surface area contributed by atoms with E-state index in [1.165, 1.54) is 14.0 Å². The lowest BCUT2D eigenvalue weighted by atomic mass is 9.86. The summed E-state index contributed by atoms with van der Waals surface area (Å²) < 4.78 is 16.8. The summed E-state index contributed by atoms with van der Waals surface area (Å²) in [5.41, 5.74) is 2.17. The molecule has 3 rings (SSSR count). The topological polar surface area (TPSA) is 82.1 Å². The first kappa shape index (κ1) is 24.9. The van der Waals surface area contributed by atoms with E-state index in [1.807, 2.05) is 31.2 Å². The molecule has 1 saturated carbocycles. The Labute approximate surface area is 196 Å². The van der Waals surface area contributed by atoms with E-state index in [1.54, 1.807) is 6.92 Å². The van der Waals surface area contributed by atoms with Gasteiger partial charge in [0.15, 0.2) is 0 Å². The summed E-state index contributed by atoms with van der Waals surface area (Å²) >= 11 is 0. The zero-order valence-corrected chi connectivity index (χ0v) is 19.9. The van der Waals surface area contributed by atoms with Crippen LogP contribution in [-0.2, 0) is 25.5 Å². The average Bonchev–Trinajstić information content (AvgIpc) is 3.31. The second kappa shape index (κ2) is 11.4. The predicted octanol–water partition coefficient (Wildman–Crippen LogP) is 3.95. The molecule has 1 aliphatic carbocycles. The predicted molar refractivity (Wildman–Crippen MR) is 125 cm³/mol. The third-order valence-corrected chi connectivity index (χ3v) is 6.55. The summed E-state index contributed by atoms with van der Waals surface area (Å²) in [5, 5.41) is 10.6. The van der Waals surface area contributed by atoms with E-state index in [4.69, 9.17) is 14.2 Å². The summed E-state index contributed by atoms with van der Waals surface area (Å²) in [6.07, 6.45) is 5.76. The van der Waals surface area contributed by atoms with E-state index in [2.05, 4.69) is 17.9 Å². The second-order valence-corrected chi connectivity index (χ2v) is 8.89. The number of para-hydroxylation sites is 1. The fourth-order valence-electron chi connectivity index (χ4n) is 4.82. The molecule has 2 aliphatic rings. The van der Waals surface area contributed by atoms with Crippen LogP contribution in [-0.4, -0.2) is 42.5 Å². The molecule has 0 bridgehead atoms. The molecule has 1 heterocycles. The Morgan fingerprint density at radius 2 is 2.15 bits per heavy atom. The van der Waals surface area contributed by atoms with Crippen LogP contribution in [0.25, 0.3) is 0 Å². The van der Waals surface area contributed by atoms with Gasteiger partial charge < -0.3 is 19.3 Å². The molecule has 1 aliphatic heterocycles. The van der Waals surface area contributed by atoms with Crippen molar-refractivity contribution in [1.82, 2.24) is 0 Å². The van der Waals surface area contributed by atoms with Crippen molar-refractivity contribution in [2.45, 2.75) is 77.1 Å². The SMILES string of the molecule is CC#CCC(C)[C@@H](O)/C=C/[C@@H]1[C@H]2c3cccc(CCCC(=O)OC)c3O[C@H]2C[C@H]1OC(C)=O. The molecule has 1 fully saturated rings. The smallest absolute Gasteiger partial charge is 0.305 e. The number of carbonyl (C=O) groups is 2. The zero-order valence-electron chi connectivity index (χ0n) is 19.9. The van der Waals surface area contributed by atoms with Crippen LogP contribution in [0, 0.1) is 23.7 Å². The van der Waals surface area contributed by atoms with Gasteiger partial charge in [-0.25, -0.2) is 0 Å². The minimum absolute atomic E-state index is 0.00611. The first-order valence-corrected chi connectivity index (χ1v) is 11.6. The molecule has 0 spiro atoms. The highest BCUT2D eigenvalue weighted by Crippen LogP contribution is 2.52. The van der Waals surface area contributed by atoms with Crippen molar-refractivity contribution in [2.75, 3.05) is 7.11 Å². The van der Waals surface area contributed by atoms with Gasteiger partial charge in [-0.05, 0) is 31.2 Å². The molecule has 1 N–H and O–H groups in total. The van der Waals surface area contributed by atoms with E-state index >= 15 is 0 Å². The average molecular weight is 455 g/mol. The molecular formula is C27H34O6. The third-order valence-electron chi connectivity index (χ3n) is 6.55. The van der Waals surface area contributed by atoms with Crippen molar-refractivity contribution in [3.05, 3.63) is 41.5 Å². The molecule has 6 atom stereocenters. The number of esters is 2. The van der Waals surface area contributed by atoms with Gasteiger partial charge in [0.1, 0.15) is 18.0 Å². The van der Waals surface area contributed by atoms with Gasteiger partial charge in [0.2, 0.25) is 0 Å². The summed E-state index contributed by atoms with van der Waals surface area (Å²) in [7, 11) is 1.40. The van der Waals surface area contributed by atoms with E-state index in [-0.39, 0.29) is 41.9 Å². The molecule has 33 heavy (non-hydrogen) atoms. The Hall–Kier alpha value is -2.78. The largest absolute Gasteiger partial charge is 0.489 e. The van der Waals surface area contributed by atoms with Crippen LogP contribution < -0.4 is 4.74 Å². The highest BCUT2D eigenvalue weighted by Gasteiger charge is 2.50. The maximum absolute atomic E-state index is 11.7. The number of hydrogen-bond acceptors (Lipinski definition) is 6. The summed E-state index contributed by atoms with van der Waals surface area (Å²) in [5.74, 6) is 6.18. The Morgan fingerprint density at radius 3 is 2.85 bits per heavy atom. The maximum Gasteiger partial charge on any atom is 0.305 e. The lowest BCUT2D eigenvalue weighted by molar-refractivity contribution is -0.147. The molecule has 1 aromatic carbocycles. The number of methoxy groups -OCH3 is 1. The van der Waals surface area contributed by atoms with Gasteiger partial charge in [-0.15, -0.1) is 11.8 Å². The summed E-state index contributed by atoms with van der Waals surface area (Å²) in [6, 6.07) is 6.11. The van der Waals surface area contributed by atoms with Crippen LogP contribution in [0.1, 0.15) is 63.5 Å². The Kier molecular flexibility index (Phi) is 8.57. The monoisotopic (exact) mass is 454 g/mol. The van der Waals surface area contributed by atoms with Gasteiger partial charge in [-0.1, -0.05) is 37.3 Å². The fourth-order valence-corrected chi connectivity index (χ4v) is 4.82. The van der Waals surface area contributed by atoms with Crippen molar-refractivity contribution >= 4 is 11.9 Å². The molecule has 0 radical (unpaired) electrons. The van der Waals surface area contributed by atoms with Crippen LogP contribution >= 0.6 is 0 Å². The molecule has 0 aromatic heterocycles. The van der Waals surface area contributed by atoms with Crippen molar-refractivity contribution in [1.29, 1.82) is 0 Å². The van der Waals surface area contributed by atoms with E-state index in [0.717, 1.165) is 23.3 Å². The van der Waals surface area contributed by atoms with Gasteiger partial charge >= 0.3 is 11.9 Å². The number of benzene rings is 1. The molecule has 0 saturated heterocycles. The molecular weight excluding hydrogens is 420 g/mol. The van der Waals surface area contributed by atoms with Crippen LogP contribution in [0.5, 0.6) is 5.75 Å². The highest BCUT2D eigenvalue weighted by molar-refractivity contribution is 5.69. The quantitative estimate of drug-likeness (QED) is 0.346. The first-order valence-electron chi connectivity index (χ1n) is 11.6. The summed E-state index contributed by atoms with van der Waals surface area (Å²) in [4.78, 5) is 23.2. The molecule has 1 unspecified atom stereocenters. The van der Waals surface area contributed by atoms with Gasteiger partial charge in [-0.3, -0.25) is 9.59 Å². The van der Waals surface area contributed by atoms with Crippen LogP contribution in [0.15, 0.2) is 30.4 Å². The number of aliphatic hydroxyl groups excluding tert-OH is 1. The van der Waals surface area contributed by atoms with E-state index in [9.17, 15) is 14.7 Å². The fraction of sp³-hybridized carbons (Fsp3) is 0.556. The van der Waals surface area contributed by atoms with Crippen molar-refractivity contribution in [3.63, 3.8) is 0 Å². The van der Waals surface area contributed by atoms with Crippen LogP contribution in [0.2, 0.25) is 0 Å². The lowest BCUT2D eigenvalue weighted by Crippen LogP contribution is -2.23. The van der Waals surface area contributed by atoms with Crippen molar-refractivity contribution in [3.8, 4) is 17.6 Å². The molecule has 6 heteroatoms. The Balaban J connectivity index is 1.81.